The Kier molecular flexibility index (Phi) is 2.73. The minimum atomic E-state index is -0.845. The van der Waals surface area contributed by atoms with Gasteiger partial charge >= 0.3 is 0 Å². The lowest BCUT2D eigenvalue weighted by atomic mass is 9.78. The number of halogens is 1. The van der Waals surface area contributed by atoms with Crippen LogP contribution in [0.4, 0.5) is 4.39 Å². The molecular formula is C11H13FN2O2. The van der Waals surface area contributed by atoms with Crippen LogP contribution in [0.3, 0.4) is 0 Å². The molecule has 1 saturated heterocycles. The number of ketones is 1. The number of carbonyl (C=O) groups is 1. The topological polar surface area (TPSA) is 65.2 Å². The standard InChI is InChI=1S/C11H13FN2O2/c1-11(6-16-5-9(11)13)10(15)7-2-3-14-4-8(7)12/h2-4,9H,5-6,13H2,1H3. The van der Waals surface area contributed by atoms with Gasteiger partial charge in [-0.1, -0.05) is 0 Å². The van der Waals surface area contributed by atoms with E-state index in [2.05, 4.69) is 4.98 Å². The molecule has 1 fully saturated rings. The fraction of sp³-hybridized carbons (Fsp3) is 0.455. The number of rotatable bonds is 2. The van der Waals surface area contributed by atoms with Crippen molar-refractivity contribution in [1.82, 2.24) is 4.98 Å². The highest BCUT2D eigenvalue weighted by Crippen LogP contribution is 2.31. The molecule has 2 rings (SSSR count). The zero-order valence-corrected chi connectivity index (χ0v) is 8.94. The molecule has 16 heavy (non-hydrogen) atoms. The van der Waals surface area contributed by atoms with Gasteiger partial charge < -0.3 is 10.5 Å². The van der Waals surface area contributed by atoms with E-state index in [0.29, 0.717) is 6.61 Å². The van der Waals surface area contributed by atoms with Crippen molar-refractivity contribution in [1.29, 1.82) is 0 Å². The Bertz CT molecular complexity index is 424. The minimum Gasteiger partial charge on any atom is -0.379 e. The molecule has 2 N–H and O–H groups in total. The Balaban J connectivity index is 2.36. The minimum absolute atomic E-state index is 0.0263. The molecule has 2 unspecified atom stereocenters. The molecule has 0 bridgehead atoms. The van der Waals surface area contributed by atoms with E-state index in [1.54, 1.807) is 6.92 Å². The Morgan fingerprint density at radius 2 is 2.50 bits per heavy atom. The number of pyridine rings is 1. The molecule has 0 amide bonds. The second kappa shape index (κ2) is 3.92. The van der Waals surface area contributed by atoms with Crippen LogP contribution in [0.5, 0.6) is 0 Å². The summed E-state index contributed by atoms with van der Waals surface area (Å²) in [5.74, 6) is -0.940. The third-order valence-electron chi connectivity index (χ3n) is 3.05. The number of hydrogen-bond acceptors (Lipinski definition) is 4. The third kappa shape index (κ3) is 1.62. The summed E-state index contributed by atoms with van der Waals surface area (Å²) in [6.45, 7) is 2.26. The van der Waals surface area contributed by atoms with Crippen LogP contribution < -0.4 is 5.73 Å². The van der Waals surface area contributed by atoms with Crippen molar-refractivity contribution in [3.05, 3.63) is 29.8 Å². The molecule has 0 saturated carbocycles. The maximum Gasteiger partial charge on any atom is 0.175 e. The number of nitrogens with two attached hydrogens (primary N) is 1. The second-order valence-electron chi connectivity index (χ2n) is 4.22. The molecule has 0 aliphatic carbocycles. The Hall–Kier alpha value is -1.33. The van der Waals surface area contributed by atoms with E-state index >= 15 is 0 Å². The van der Waals surface area contributed by atoms with Gasteiger partial charge in [0.05, 0.1) is 30.4 Å². The summed E-state index contributed by atoms with van der Waals surface area (Å²) >= 11 is 0. The summed E-state index contributed by atoms with van der Waals surface area (Å²) in [4.78, 5) is 15.8. The van der Waals surface area contributed by atoms with Gasteiger partial charge in [0.15, 0.2) is 11.6 Å². The van der Waals surface area contributed by atoms with Crippen molar-refractivity contribution >= 4 is 5.78 Å². The summed E-state index contributed by atoms with van der Waals surface area (Å²) in [5.41, 5.74) is 5.00. The molecular weight excluding hydrogens is 211 g/mol. The number of nitrogens with zero attached hydrogens (tertiary/aromatic N) is 1. The van der Waals surface area contributed by atoms with Gasteiger partial charge in [-0.15, -0.1) is 0 Å². The van der Waals surface area contributed by atoms with Gasteiger partial charge in [-0.3, -0.25) is 9.78 Å². The zero-order valence-electron chi connectivity index (χ0n) is 8.94. The van der Waals surface area contributed by atoms with Crippen molar-refractivity contribution in [3.63, 3.8) is 0 Å². The molecule has 1 aliphatic heterocycles. The highest BCUT2D eigenvalue weighted by molar-refractivity contribution is 6.01. The molecule has 0 aromatic carbocycles. The van der Waals surface area contributed by atoms with Crippen molar-refractivity contribution in [2.45, 2.75) is 13.0 Å². The molecule has 1 aromatic heterocycles. The maximum absolute atomic E-state index is 13.4. The van der Waals surface area contributed by atoms with Crippen molar-refractivity contribution in [2.75, 3.05) is 13.2 Å². The molecule has 86 valence electrons. The largest absolute Gasteiger partial charge is 0.379 e. The van der Waals surface area contributed by atoms with E-state index in [1.807, 2.05) is 0 Å². The van der Waals surface area contributed by atoms with Gasteiger partial charge in [0.1, 0.15) is 0 Å². The molecule has 1 aliphatic rings. The van der Waals surface area contributed by atoms with E-state index in [0.717, 1.165) is 6.20 Å². The zero-order chi connectivity index (χ0) is 11.8. The fourth-order valence-corrected chi connectivity index (χ4v) is 1.79. The first kappa shape index (κ1) is 11.2. The molecule has 2 atom stereocenters. The fourth-order valence-electron chi connectivity index (χ4n) is 1.79. The predicted molar refractivity (Wildman–Crippen MR) is 55.4 cm³/mol. The first-order valence-corrected chi connectivity index (χ1v) is 5.03. The van der Waals surface area contributed by atoms with Crippen molar-refractivity contribution in [3.8, 4) is 0 Å². The Morgan fingerprint density at radius 3 is 3.06 bits per heavy atom. The molecule has 1 aromatic rings. The molecule has 4 nitrogen and oxygen atoms in total. The van der Waals surface area contributed by atoms with E-state index in [-0.39, 0.29) is 18.0 Å². The molecule has 2 heterocycles. The summed E-state index contributed by atoms with van der Waals surface area (Å²) < 4.78 is 18.6. The van der Waals surface area contributed by atoms with Crippen LogP contribution in [0, 0.1) is 11.2 Å². The highest BCUT2D eigenvalue weighted by Gasteiger charge is 2.45. The number of ether oxygens (including phenoxy) is 1. The molecule has 5 heteroatoms. The van der Waals surface area contributed by atoms with Gasteiger partial charge in [0.2, 0.25) is 0 Å². The Morgan fingerprint density at radius 1 is 1.75 bits per heavy atom. The smallest absolute Gasteiger partial charge is 0.175 e. The van der Waals surface area contributed by atoms with Gasteiger partial charge in [-0.05, 0) is 13.0 Å². The van der Waals surface area contributed by atoms with Crippen molar-refractivity contribution in [2.24, 2.45) is 11.1 Å². The van der Waals surface area contributed by atoms with Gasteiger partial charge in [0, 0.05) is 12.2 Å². The van der Waals surface area contributed by atoms with Crippen LogP contribution in [0.25, 0.3) is 0 Å². The summed E-state index contributed by atoms with van der Waals surface area (Å²) in [6, 6.07) is 0.973. The van der Waals surface area contributed by atoms with Crippen LogP contribution in [0.1, 0.15) is 17.3 Å². The number of hydrogen-bond donors (Lipinski definition) is 1. The van der Waals surface area contributed by atoms with Gasteiger partial charge in [0.25, 0.3) is 0 Å². The third-order valence-corrected chi connectivity index (χ3v) is 3.05. The van der Waals surface area contributed by atoms with Crippen LogP contribution in [-0.4, -0.2) is 30.0 Å². The summed E-state index contributed by atoms with van der Waals surface area (Å²) in [7, 11) is 0. The highest BCUT2D eigenvalue weighted by atomic mass is 19.1. The summed E-state index contributed by atoms with van der Waals surface area (Å²) in [5, 5.41) is 0. The van der Waals surface area contributed by atoms with Crippen LogP contribution in [0.15, 0.2) is 18.5 Å². The lowest BCUT2D eigenvalue weighted by Gasteiger charge is -2.25. The first-order valence-electron chi connectivity index (χ1n) is 5.03. The van der Waals surface area contributed by atoms with Crippen molar-refractivity contribution < 1.29 is 13.9 Å². The van der Waals surface area contributed by atoms with Gasteiger partial charge in [-0.2, -0.15) is 0 Å². The quantitative estimate of drug-likeness (QED) is 0.753. The molecule has 0 spiro atoms. The number of Topliss-reactive ketones (excluding diaryl/α,β-unsaturated/α-hetero) is 1. The lowest BCUT2D eigenvalue weighted by Crippen LogP contribution is -2.44. The van der Waals surface area contributed by atoms with E-state index in [4.69, 9.17) is 10.5 Å². The normalized spacial score (nSPS) is 29.3. The Labute approximate surface area is 92.6 Å². The van der Waals surface area contributed by atoms with E-state index < -0.39 is 17.3 Å². The monoisotopic (exact) mass is 224 g/mol. The average molecular weight is 224 g/mol. The predicted octanol–water partition coefficient (Wildman–Crippen LogP) is 0.767. The van der Waals surface area contributed by atoms with Gasteiger partial charge in [-0.25, -0.2) is 4.39 Å². The number of aromatic nitrogens is 1. The first-order chi connectivity index (χ1) is 7.55. The van der Waals surface area contributed by atoms with Crippen LogP contribution in [0.2, 0.25) is 0 Å². The maximum atomic E-state index is 13.4. The average Bonchev–Trinajstić information content (AvgIpc) is 2.60. The van der Waals surface area contributed by atoms with Crippen LogP contribution in [-0.2, 0) is 4.74 Å². The lowest BCUT2D eigenvalue weighted by molar-refractivity contribution is 0.0763. The van der Waals surface area contributed by atoms with Crippen LogP contribution >= 0.6 is 0 Å². The second-order valence-corrected chi connectivity index (χ2v) is 4.22. The van der Waals surface area contributed by atoms with E-state index in [9.17, 15) is 9.18 Å². The SMILES string of the molecule is CC1(C(=O)c2ccncc2F)COCC1N. The summed E-state index contributed by atoms with van der Waals surface area (Å²) in [6.07, 6.45) is 2.42. The van der Waals surface area contributed by atoms with E-state index in [1.165, 1.54) is 12.3 Å². The molecule has 0 radical (unpaired) electrons. The number of carbonyl (C=O) groups excluding carboxylic acids is 1.